The van der Waals surface area contributed by atoms with Crippen molar-refractivity contribution in [2.75, 3.05) is 24.7 Å². The van der Waals surface area contributed by atoms with Gasteiger partial charge in [-0.05, 0) is 5.56 Å². The van der Waals surface area contributed by atoms with Crippen molar-refractivity contribution in [3.05, 3.63) is 56.3 Å². The summed E-state index contributed by atoms with van der Waals surface area (Å²) >= 11 is 0. The van der Waals surface area contributed by atoms with Crippen LogP contribution in [0.15, 0.2) is 39.9 Å². The second-order valence-corrected chi connectivity index (χ2v) is 6.55. The van der Waals surface area contributed by atoms with Crippen molar-refractivity contribution in [1.29, 1.82) is 0 Å². The van der Waals surface area contributed by atoms with E-state index < -0.39 is 20.9 Å². The molecule has 2 aromatic carbocycles. The summed E-state index contributed by atoms with van der Waals surface area (Å²) in [4.78, 5) is 23.0. The monoisotopic (exact) mass is 324 g/mol. The number of sulfonamides is 1. The van der Waals surface area contributed by atoms with Crippen LogP contribution >= 0.6 is 0 Å². The molecule has 0 heterocycles. The molecule has 0 spiro atoms. The highest BCUT2D eigenvalue weighted by Crippen LogP contribution is 2.18. The van der Waals surface area contributed by atoms with Crippen LogP contribution in [0.5, 0.6) is 5.75 Å². The van der Waals surface area contributed by atoms with E-state index in [2.05, 4.69) is 10.0 Å². The zero-order valence-corrected chi connectivity index (χ0v) is 12.8. The topological polar surface area (TPSA) is 102 Å². The van der Waals surface area contributed by atoms with E-state index >= 15 is 0 Å². The van der Waals surface area contributed by atoms with Crippen LogP contribution in [0.1, 0.15) is 5.56 Å². The van der Waals surface area contributed by atoms with Gasteiger partial charge in [0.25, 0.3) is 10.9 Å². The smallest absolute Gasteiger partial charge is 0.272 e. The minimum atomic E-state index is -3.31. The molecule has 0 atom stereocenters. The molecule has 0 aliphatic carbocycles. The fourth-order valence-electron chi connectivity index (χ4n) is 1.84. The Bertz CT molecular complexity index is 808. The average Bonchev–Trinajstić information content (AvgIpc) is 2.48. The van der Waals surface area contributed by atoms with Crippen molar-refractivity contribution >= 4 is 15.7 Å². The van der Waals surface area contributed by atoms with Crippen molar-refractivity contribution in [3.63, 3.8) is 0 Å². The van der Waals surface area contributed by atoms with E-state index in [0.717, 1.165) is 11.8 Å². The van der Waals surface area contributed by atoms with Gasteiger partial charge < -0.3 is 10.1 Å². The third-order valence-corrected chi connectivity index (χ3v) is 3.62. The minimum Gasteiger partial charge on any atom is -0.486 e. The molecule has 0 aliphatic heterocycles. The van der Waals surface area contributed by atoms with Gasteiger partial charge in [-0.25, -0.2) is 13.1 Å². The molecule has 0 saturated carbocycles. The van der Waals surface area contributed by atoms with Gasteiger partial charge in [0, 0.05) is 13.1 Å². The SMILES string of the molecule is CS(=O)(=O)NCCOc1c(NCc2ccccc2)c(=O)c1=O. The average molecular weight is 324 g/mol. The lowest BCUT2D eigenvalue weighted by Crippen LogP contribution is -2.37. The lowest BCUT2D eigenvalue weighted by Gasteiger charge is -2.14. The first-order chi connectivity index (χ1) is 10.4. The number of ether oxygens (including phenoxy) is 1. The van der Waals surface area contributed by atoms with Gasteiger partial charge in [0.1, 0.15) is 12.3 Å². The van der Waals surface area contributed by atoms with E-state index in [1.807, 2.05) is 30.3 Å². The van der Waals surface area contributed by atoms with E-state index in [4.69, 9.17) is 4.74 Å². The van der Waals surface area contributed by atoms with Gasteiger partial charge in [0.15, 0.2) is 5.75 Å². The highest BCUT2D eigenvalue weighted by Gasteiger charge is 2.22. The van der Waals surface area contributed by atoms with E-state index in [1.165, 1.54) is 0 Å². The van der Waals surface area contributed by atoms with Crippen molar-refractivity contribution in [2.24, 2.45) is 0 Å². The highest BCUT2D eigenvalue weighted by molar-refractivity contribution is 7.88. The lowest BCUT2D eigenvalue weighted by molar-refractivity contribution is 0.318. The van der Waals surface area contributed by atoms with E-state index in [0.29, 0.717) is 6.54 Å². The number of rotatable bonds is 8. The molecule has 0 unspecified atom stereocenters. The predicted octanol–water partition coefficient (Wildman–Crippen LogP) is -0.177. The first-order valence-corrected chi connectivity index (χ1v) is 8.46. The second-order valence-electron chi connectivity index (χ2n) is 4.72. The molecule has 118 valence electrons. The molecule has 2 aromatic rings. The maximum absolute atomic E-state index is 11.5. The Morgan fingerprint density at radius 1 is 1.09 bits per heavy atom. The summed E-state index contributed by atoms with van der Waals surface area (Å²) in [5.41, 5.74) is -0.231. The van der Waals surface area contributed by atoms with Crippen molar-refractivity contribution in [2.45, 2.75) is 6.54 Å². The third-order valence-electron chi connectivity index (χ3n) is 2.89. The molecule has 0 amide bonds. The van der Waals surface area contributed by atoms with Gasteiger partial charge in [-0.3, -0.25) is 9.59 Å². The van der Waals surface area contributed by atoms with Gasteiger partial charge in [-0.1, -0.05) is 30.3 Å². The molecule has 0 aromatic heterocycles. The molecule has 7 nitrogen and oxygen atoms in total. The van der Waals surface area contributed by atoms with Crippen LogP contribution in [0, 0.1) is 0 Å². The predicted molar refractivity (Wildman–Crippen MR) is 83.5 cm³/mol. The van der Waals surface area contributed by atoms with Crippen LogP contribution in [-0.4, -0.2) is 27.8 Å². The van der Waals surface area contributed by atoms with Crippen LogP contribution in [0.3, 0.4) is 0 Å². The van der Waals surface area contributed by atoms with E-state index in [1.54, 1.807) is 0 Å². The zero-order valence-electron chi connectivity index (χ0n) is 12.0. The zero-order chi connectivity index (χ0) is 16.2. The first-order valence-electron chi connectivity index (χ1n) is 6.57. The Morgan fingerprint density at radius 2 is 1.77 bits per heavy atom. The standard InChI is InChI=1S/C14H16N2O5S/c1-22(19,20)16-7-8-21-14-11(12(17)13(14)18)15-9-10-5-3-2-4-6-10/h2-6,15-16H,7-9H2,1H3. The molecule has 0 fully saturated rings. The molecule has 0 aliphatic rings. The van der Waals surface area contributed by atoms with Gasteiger partial charge in [-0.2, -0.15) is 0 Å². The van der Waals surface area contributed by atoms with Gasteiger partial charge in [-0.15, -0.1) is 0 Å². The lowest BCUT2D eigenvalue weighted by atomic mass is 10.2. The first kappa shape index (κ1) is 16.2. The van der Waals surface area contributed by atoms with E-state index in [-0.39, 0.29) is 24.6 Å². The summed E-state index contributed by atoms with van der Waals surface area (Å²) < 4.78 is 29.2. The normalized spacial score (nSPS) is 11.5. The Kier molecular flexibility index (Phi) is 4.94. The molecule has 0 radical (unpaired) electrons. The quantitative estimate of drug-likeness (QED) is 0.516. The Morgan fingerprint density at radius 3 is 2.41 bits per heavy atom. The summed E-state index contributed by atoms with van der Waals surface area (Å²) in [7, 11) is -3.31. The van der Waals surface area contributed by atoms with Gasteiger partial charge in [0.2, 0.25) is 10.0 Å². The molecule has 2 rings (SSSR count). The van der Waals surface area contributed by atoms with Crippen molar-refractivity contribution in [1.82, 2.24) is 4.72 Å². The van der Waals surface area contributed by atoms with Gasteiger partial charge in [0.05, 0.1) is 6.26 Å². The molecule has 0 bridgehead atoms. The second kappa shape index (κ2) is 6.71. The Labute approximate surface area is 127 Å². The van der Waals surface area contributed by atoms with Crippen molar-refractivity contribution in [3.8, 4) is 5.75 Å². The van der Waals surface area contributed by atoms with E-state index in [9.17, 15) is 18.0 Å². The molecule has 8 heteroatoms. The number of hydrogen-bond acceptors (Lipinski definition) is 6. The molecule has 22 heavy (non-hydrogen) atoms. The molecule has 0 saturated heterocycles. The maximum atomic E-state index is 11.5. The molecular formula is C14H16N2O5S. The largest absolute Gasteiger partial charge is 0.486 e. The van der Waals surface area contributed by atoms with Crippen LogP contribution in [0.25, 0.3) is 0 Å². The number of benzene rings is 1. The van der Waals surface area contributed by atoms with Crippen LogP contribution in [-0.2, 0) is 16.6 Å². The minimum absolute atomic E-state index is 0.0236. The summed E-state index contributed by atoms with van der Waals surface area (Å²) in [5, 5.41) is 2.87. The van der Waals surface area contributed by atoms with Crippen LogP contribution < -0.4 is 25.6 Å². The third kappa shape index (κ3) is 4.15. The number of hydrogen-bond donors (Lipinski definition) is 2. The highest BCUT2D eigenvalue weighted by atomic mass is 32.2. The molecule has 2 N–H and O–H groups in total. The maximum Gasteiger partial charge on any atom is 0.272 e. The fourth-order valence-corrected chi connectivity index (χ4v) is 2.29. The van der Waals surface area contributed by atoms with Crippen LogP contribution in [0.2, 0.25) is 0 Å². The Hall–Kier alpha value is -2.19. The Balaban J connectivity index is 1.92. The number of nitrogens with one attached hydrogen (secondary N) is 2. The summed E-state index contributed by atoms with van der Waals surface area (Å²) in [5.74, 6) is -0.0452. The summed E-state index contributed by atoms with van der Waals surface area (Å²) in [6.45, 7) is 0.386. The fraction of sp³-hybridized carbons (Fsp3) is 0.286. The van der Waals surface area contributed by atoms with Crippen LogP contribution in [0.4, 0.5) is 5.69 Å². The summed E-state index contributed by atoms with van der Waals surface area (Å²) in [6, 6.07) is 9.38. The molecular weight excluding hydrogens is 308 g/mol. The van der Waals surface area contributed by atoms with Gasteiger partial charge >= 0.3 is 0 Å². The number of anilines is 1. The summed E-state index contributed by atoms with van der Waals surface area (Å²) in [6.07, 6.45) is 1.02. The van der Waals surface area contributed by atoms with Crippen molar-refractivity contribution < 1.29 is 13.2 Å².